The molecule has 0 spiro atoms. The third kappa shape index (κ3) is 2.96. The molecule has 4 heteroatoms. The minimum Gasteiger partial charge on any atom is -0.506 e. The Morgan fingerprint density at radius 3 is 2.76 bits per heavy atom. The molecule has 1 heterocycles. The predicted molar refractivity (Wildman–Crippen MR) is 64.8 cm³/mol. The van der Waals surface area contributed by atoms with Gasteiger partial charge in [-0.05, 0) is 38.7 Å². The molecule has 92 valence electrons. The lowest BCUT2D eigenvalue weighted by molar-refractivity contribution is 0.0695. The molecule has 1 aliphatic carbocycles. The van der Waals surface area contributed by atoms with Gasteiger partial charge in [-0.25, -0.2) is 0 Å². The van der Waals surface area contributed by atoms with E-state index in [1.165, 1.54) is 31.3 Å². The highest BCUT2D eigenvalue weighted by molar-refractivity contribution is 5.94. The summed E-state index contributed by atoms with van der Waals surface area (Å²) in [5, 5.41) is 9.34. The van der Waals surface area contributed by atoms with Gasteiger partial charge in [0.2, 0.25) is 0 Å². The fraction of sp³-hybridized carbons (Fsp3) is 0.538. The van der Waals surface area contributed by atoms with E-state index in [-0.39, 0.29) is 17.7 Å². The van der Waals surface area contributed by atoms with Crippen LogP contribution < -0.4 is 0 Å². The van der Waals surface area contributed by atoms with Crippen molar-refractivity contribution in [1.29, 1.82) is 0 Å². The fourth-order valence-electron chi connectivity index (χ4n) is 1.82. The Bertz CT molecular complexity index is 414. The minimum absolute atomic E-state index is 0.0333. The van der Waals surface area contributed by atoms with Crippen molar-refractivity contribution in [3.8, 4) is 5.75 Å². The molecule has 4 nitrogen and oxygen atoms in total. The Morgan fingerprint density at radius 2 is 2.24 bits per heavy atom. The predicted octanol–water partition coefficient (Wildman–Crippen LogP) is 2.05. The minimum atomic E-state index is -0.0460. The summed E-state index contributed by atoms with van der Waals surface area (Å²) in [5.74, 6) is 0.646. The molecule has 1 aromatic rings. The van der Waals surface area contributed by atoms with E-state index in [2.05, 4.69) is 4.98 Å². The number of rotatable bonds is 4. The standard InChI is InChI=1S/C13H18N2O2/c1-9(2)15(8-10-3-4-10)13(17)11-5-12(16)7-14-6-11/h5-7,9-10,16H,3-4,8H2,1-2H3. The highest BCUT2D eigenvalue weighted by Crippen LogP contribution is 2.30. The first-order valence-corrected chi connectivity index (χ1v) is 6.03. The maximum Gasteiger partial charge on any atom is 0.255 e. The van der Waals surface area contributed by atoms with Crippen LogP contribution in [0.15, 0.2) is 18.5 Å². The highest BCUT2D eigenvalue weighted by Gasteiger charge is 2.28. The van der Waals surface area contributed by atoms with Gasteiger partial charge in [0.1, 0.15) is 5.75 Å². The van der Waals surface area contributed by atoms with Gasteiger partial charge in [0.05, 0.1) is 11.8 Å². The van der Waals surface area contributed by atoms with Crippen molar-refractivity contribution in [1.82, 2.24) is 9.88 Å². The molecule has 0 aromatic carbocycles. The number of hydrogen-bond donors (Lipinski definition) is 1. The first-order valence-electron chi connectivity index (χ1n) is 6.03. The fourth-order valence-corrected chi connectivity index (χ4v) is 1.82. The molecular formula is C13H18N2O2. The molecule has 0 atom stereocenters. The molecule has 17 heavy (non-hydrogen) atoms. The van der Waals surface area contributed by atoms with Gasteiger partial charge in [-0.3, -0.25) is 9.78 Å². The van der Waals surface area contributed by atoms with Crippen LogP contribution in [0.2, 0.25) is 0 Å². The molecule has 2 rings (SSSR count). The second kappa shape index (κ2) is 4.73. The Kier molecular flexibility index (Phi) is 3.31. The molecule has 1 saturated carbocycles. The average molecular weight is 234 g/mol. The van der Waals surface area contributed by atoms with E-state index in [1.807, 2.05) is 18.7 Å². The molecule has 0 bridgehead atoms. The summed E-state index contributed by atoms with van der Waals surface area (Å²) < 4.78 is 0. The van der Waals surface area contributed by atoms with Crippen molar-refractivity contribution in [3.05, 3.63) is 24.0 Å². The Labute approximate surface area is 101 Å². The molecule has 0 unspecified atom stereocenters. The van der Waals surface area contributed by atoms with Crippen molar-refractivity contribution in [2.24, 2.45) is 5.92 Å². The molecular weight excluding hydrogens is 216 g/mol. The summed E-state index contributed by atoms with van der Waals surface area (Å²) in [7, 11) is 0. The van der Waals surface area contributed by atoms with Crippen molar-refractivity contribution in [2.45, 2.75) is 32.7 Å². The van der Waals surface area contributed by atoms with Gasteiger partial charge < -0.3 is 10.0 Å². The summed E-state index contributed by atoms with van der Waals surface area (Å²) in [5.41, 5.74) is 0.458. The van der Waals surface area contributed by atoms with Crippen LogP contribution in [0.3, 0.4) is 0 Å². The van der Waals surface area contributed by atoms with Gasteiger partial charge in [0, 0.05) is 18.8 Å². The summed E-state index contributed by atoms with van der Waals surface area (Å²) in [6, 6.07) is 1.64. The number of nitrogens with zero attached hydrogens (tertiary/aromatic N) is 2. The zero-order valence-corrected chi connectivity index (χ0v) is 10.3. The molecule has 0 radical (unpaired) electrons. The summed E-state index contributed by atoms with van der Waals surface area (Å²) in [6.07, 6.45) is 5.27. The van der Waals surface area contributed by atoms with Gasteiger partial charge in [-0.2, -0.15) is 0 Å². The van der Waals surface area contributed by atoms with Crippen LogP contribution in [0.5, 0.6) is 5.75 Å². The van der Waals surface area contributed by atoms with Crippen LogP contribution in [-0.2, 0) is 0 Å². The van der Waals surface area contributed by atoms with Gasteiger partial charge in [0.15, 0.2) is 0 Å². The second-order valence-corrected chi connectivity index (χ2v) is 4.93. The van der Waals surface area contributed by atoms with Gasteiger partial charge in [0.25, 0.3) is 5.91 Å². The molecule has 1 amide bonds. The van der Waals surface area contributed by atoms with Crippen LogP contribution in [0.1, 0.15) is 37.0 Å². The second-order valence-electron chi connectivity index (χ2n) is 4.93. The van der Waals surface area contributed by atoms with E-state index in [1.54, 1.807) is 0 Å². The topological polar surface area (TPSA) is 53.4 Å². The summed E-state index contributed by atoms with van der Waals surface area (Å²) in [4.78, 5) is 18.0. The molecule has 1 N–H and O–H groups in total. The number of carbonyl (C=O) groups is 1. The third-order valence-electron chi connectivity index (χ3n) is 3.01. The quantitative estimate of drug-likeness (QED) is 0.867. The molecule has 0 saturated heterocycles. The maximum atomic E-state index is 12.3. The van der Waals surface area contributed by atoms with Crippen LogP contribution in [-0.4, -0.2) is 33.5 Å². The number of amides is 1. The Morgan fingerprint density at radius 1 is 1.53 bits per heavy atom. The highest BCUT2D eigenvalue weighted by atomic mass is 16.3. The van der Waals surface area contributed by atoms with Crippen molar-refractivity contribution >= 4 is 5.91 Å². The molecule has 1 aromatic heterocycles. The van der Waals surface area contributed by atoms with E-state index < -0.39 is 0 Å². The Hall–Kier alpha value is -1.58. The van der Waals surface area contributed by atoms with E-state index in [0.717, 1.165) is 6.54 Å². The average Bonchev–Trinajstić information content (AvgIpc) is 3.08. The zero-order valence-electron chi connectivity index (χ0n) is 10.3. The van der Waals surface area contributed by atoms with Crippen LogP contribution >= 0.6 is 0 Å². The van der Waals surface area contributed by atoms with Crippen molar-refractivity contribution < 1.29 is 9.90 Å². The first-order chi connectivity index (χ1) is 8.08. The number of pyridine rings is 1. The van der Waals surface area contributed by atoms with Gasteiger partial charge in [-0.1, -0.05) is 0 Å². The van der Waals surface area contributed by atoms with Crippen molar-refractivity contribution in [2.75, 3.05) is 6.54 Å². The van der Waals surface area contributed by atoms with Crippen molar-refractivity contribution in [3.63, 3.8) is 0 Å². The van der Waals surface area contributed by atoms with E-state index >= 15 is 0 Å². The summed E-state index contributed by atoms with van der Waals surface area (Å²) in [6.45, 7) is 4.83. The van der Waals surface area contributed by atoms with E-state index in [4.69, 9.17) is 0 Å². The Balaban J connectivity index is 2.14. The smallest absolute Gasteiger partial charge is 0.255 e. The lowest BCUT2D eigenvalue weighted by Crippen LogP contribution is -2.38. The van der Waals surface area contributed by atoms with Gasteiger partial charge in [-0.15, -0.1) is 0 Å². The van der Waals surface area contributed by atoms with Crippen LogP contribution in [0, 0.1) is 5.92 Å². The SMILES string of the molecule is CC(C)N(CC1CC1)C(=O)c1cncc(O)c1. The third-order valence-corrected chi connectivity index (χ3v) is 3.01. The largest absolute Gasteiger partial charge is 0.506 e. The molecule has 1 fully saturated rings. The first kappa shape index (κ1) is 11.9. The van der Waals surface area contributed by atoms with E-state index in [9.17, 15) is 9.90 Å². The molecule has 0 aliphatic heterocycles. The number of aromatic nitrogens is 1. The molecule has 1 aliphatic rings. The van der Waals surface area contributed by atoms with Crippen LogP contribution in [0.4, 0.5) is 0 Å². The number of hydrogen-bond acceptors (Lipinski definition) is 3. The van der Waals surface area contributed by atoms with E-state index in [0.29, 0.717) is 11.5 Å². The zero-order chi connectivity index (χ0) is 12.4. The van der Waals surface area contributed by atoms with Gasteiger partial charge >= 0.3 is 0 Å². The lowest BCUT2D eigenvalue weighted by atomic mass is 10.2. The number of carbonyl (C=O) groups excluding carboxylic acids is 1. The van der Waals surface area contributed by atoms with Crippen LogP contribution in [0.25, 0.3) is 0 Å². The lowest BCUT2D eigenvalue weighted by Gasteiger charge is -2.26. The monoisotopic (exact) mass is 234 g/mol. The summed E-state index contributed by atoms with van der Waals surface area (Å²) >= 11 is 0. The normalized spacial score (nSPS) is 15.0. The number of aromatic hydroxyl groups is 1. The maximum absolute atomic E-state index is 12.3.